The smallest absolute Gasteiger partial charge is 0.286 e. The summed E-state index contributed by atoms with van der Waals surface area (Å²) in [6.07, 6.45) is 4.53. The van der Waals surface area contributed by atoms with Crippen LogP contribution in [0.3, 0.4) is 0 Å². The standard InChI is InChI=1S/C11H14BrN3O3/c12-10-6-9(15(17)18)7-14(11(10)16)5-1-4-13-8-2-3-8/h6-8,13H,1-5H2. The molecule has 0 radical (unpaired) electrons. The molecule has 0 unspecified atom stereocenters. The molecule has 0 amide bonds. The van der Waals surface area contributed by atoms with Crippen LogP contribution in [-0.4, -0.2) is 22.1 Å². The molecule has 1 N–H and O–H groups in total. The van der Waals surface area contributed by atoms with Crippen molar-refractivity contribution >= 4 is 21.6 Å². The summed E-state index contributed by atoms with van der Waals surface area (Å²) in [5, 5.41) is 14.0. The Morgan fingerprint density at radius 2 is 2.28 bits per heavy atom. The summed E-state index contributed by atoms with van der Waals surface area (Å²) in [6.45, 7) is 1.32. The zero-order chi connectivity index (χ0) is 13.1. The molecule has 1 fully saturated rings. The van der Waals surface area contributed by atoms with Crippen molar-refractivity contribution in [2.45, 2.75) is 31.8 Å². The van der Waals surface area contributed by atoms with Crippen LogP contribution in [-0.2, 0) is 6.54 Å². The maximum absolute atomic E-state index is 11.8. The first-order chi connectivity index (χ1) is 8.58. The van der Waals surface area contributed by atoms with Gasteiger partial charge >= 0.3 is 0 Å². The maximum atomic E-state index is 11.8. The zero-order valence-corrected chi connectivity index (χ0v) is 11.4. The van der Waals surface area contributed by atoms with Gasteiger partial charge in [-0.2, -0.15) is 0 Å². The quantitative estimate of drug-likeness (QED) is 0.492. The van der Waals surface area contributed by atoms with Crippen molar-refractivity contribution in [3.63, 3.8) is 0 Å². The average Bonchev–Trinajstić information content (AvgIpc) is 3.13. The number of nitrogens with zero attached hydrogens (tertiary/aromatic N) is 2. The van der Waals surface area contributed by atoms with Gasteiger partial charge in [0.2, 0.25) is 0 Å². The summed E-state index contributed by atoms with van der Waals surface area (Å²) in [4.78, 5) is 22.0. The Hall–Kier alpha value is -1.21. The molecule has 98 valence electrons. The molecule has 7 heteroatoms. The predicted molar refractivity (Wildman–Crippen MR) is 70.7 cm³/mol. The van der Waals surface area contributed by atoms with E-state index in [2.05, 4.69) is 21.2 Å². The van der Waals surface area contributed by atoms with Gasteiger partial charge in [-0.25, -0.2) is 0 Å². The van der Waals surface area contributed by atoms with Gasteiger partial charge in [0, 0.05) is 18.7 Å². The second kappa shape index (κ2) is 5.62. The van der Waals surface area contributed by atoms with Crippen LogP contribution < -0.4 is 10.9 Å². The van der Waals surface area contributed by atoms with Crippen molar-refractivity contribution in [2.75, 3.05) is 6.54 Å². The van der Waals surface area contributed by atoms with Gasteiger partial charge in [-0.05, 0) is 41.7 Å². The number of aromatic nitrogens is 1. The summed E-state index contributed by atoms with van der Waals surface area (Å²) in [7, 11) is 0. The number of pyridine rings is 1. The lowest BCUT2D eigenvalue weighted by molar-refractivity contribution is -0.385. The molecule has 1 aliphatic carbocycles. The largest absolute Gasteiger partial charge is 0.314 e. The first-order valence-electron chi connectivity index (χ1n) is 5.85. The van der Waals surface area contributed by atoms with Crippen LogP contribution in [0.15, 0.2) is 21.5 Å². The van der Waals surface area contributed by atoms with Gasteiger partial charge in [0.25, 0.3) is 11.2 Å². The Morgan fingerprint density at radius 1 is 1.56 bits per heavy atom. The van der Waals surface area contributed by atoms with Gasteiger partial charge < -0.3 is 9.88 Å². The molecule has 1 saturated carbocycles. The number of nitrogens with one attached hydrogen (secondary N) is 1. The molecule has 1 aliphatic rings. The van der Waals surface area contributed by atoms with Gasteiger partial charge in [-0.15, -0.1) is 0 Å². The molecule has 2 rings (SSSR count). The number of aryl methyl sites for hydroxylation is 1. The molecule has 1 aromatic heterocycles. The lowest BCUT2D eigenvalue weighted by atomic mass is 10.3. The van der Waals surface area contributed by atoms with E-state index in [1.807, 2.05) is 0 Å². The van der Waals surface area contributed by atoms with Gasteiger partial charge in [0.05, 0.1) is 15.6 Å². The van der Waals surface area contributed by atoms with Crippen LogP contribution in [0.5, 0.6) is 0 Å². The highest BCUT2D eigenvalue weighted by Crippen LogP contribution is 2.18. The lowest BCUT2D eigenvalue weighted by Crippen LogP contribution is -2.24. The van der Waals surface area contributed by atoms with E-state index in [1.165, 1.54) is 29.7 Å². The Bertz CT molecular complexity index is 511. The normalized spacial score (nSPS) is 14.7. The summed E-state index contributed by atoms with van der Waals surface area (Å²) in [5.74, 6) is 0. The Morgan fingerprint density at radius 3 is 2.89 bits per heavy atom. The highest BCUT2D eigenvalue weighted by molar-refractivity contribution is 9.10. The molecule has 6 nitrogen and oxygen atoms in total. The minimum absolute atomic E-state index is 0.0726. The predicted octanol–water partition coefficient (Wildman–Crippen LogP) is 1.66. The van der Waals surface area contributed by atoms with Crippen molar-refractivity contribution in [3.05, 3.63) is 37.2 Å². The van der Waals surface area contributed by atoms with Crippen LogP contribution in [0, 0.1) is 10.1 Å². The van der Waals surface area contributed by atoms with E-state index in [1.54, 1.807) is 0 Å². The van der Waals surface area contributed by atoms with Crippen LogP contribution in [0.2, 0.25) is 0 Å². The van der Waals surface area contributed by atoms with E-state index in [0.717, 1.165) is 13.0 Å². The molecular formula is C11H14BrN3O3. The molecular weight excluding hydrogens is 302 g/mol. The highest BCUT2D eigenvalue weighted by Gasteiger charge is 2.19. The van der Waals surface area contributed by atoms with Gasteiger partial charge in [0.15, 0.2) is 0 Å². The summed E-state index contributed by atoms with van der Waals surface area (Å²) in [6, 6.07) is 1.87. The lowest BCUT2D eigenvalue weighted by Gasteiger charge is -2.06. The van der Waals surface area contributed by atoms with Crippen LogP contribution in [0.4, 0.5) is 5.69 Å². The van der Waals surface area contributed by atoms with Gasteiger partial charge in [-0.3, -0.25) is 14.9 Å². The molecule has 1 aromatic rings. The third-order valence-corrected chi connectivity index (χ3v) is 3.39. The van der Waals surface area contributed by atoms with Gasteiger partial charge in [0.1, 0.15) is 0 Å². The van der Waals surface area contributed by atoms with Crippen molar-refractivity contribution in [2.24, 2.45) is 0 Å². The van der Waals surface area contributed by atoms with E-state index in [4.69, 9.17) is 0 Å². The Kier molecular flexibility index (Phi) is 4.13. The highest BCUT2D eigenvalue weighted by atomic mass is 79.9. The monoisotopic (exact) mass is 315 g/mol. The fraction of sp³-hybridized carbons (Fsp3) is 0.545. The molecule has 18 heavy (non-hydrogen) atoms. The van der Waals surface area contributed by atoms with E-state index >= 15 is 0 Å². The van der Waals surface area contributed by atoms with E-state index in [0.29, 0.717) is 12.6 Å². The van der Waals surface area contributed by atoms with Crippen LogP contribution in [0.25, 0.3) is 0 Å². The van der Waals surface area contributed by atoms with Crippen molar-refractivity contribution in [1.82, 2.24) is 9.88 Å². The minimum Gasteiger partial charge on any atom is -0.314 e. The third-order valence-electron chi connectivity index (χ3n) is 2.82. The fourth-order valence-corrected chi connectivity index (χ4v) is 2.16. The van der Waals surface area contributed by atoms with E-state index in [9.17, 15) is 14.9 Å². The molecule has 0 spiro atoms. The van der Waals surface area contributed by atoms with Crippen LogP contribution in [0.1, 0.15) is 19.3 Å². The van der Waals surface area contributed by atoms with Crippen molar-refractivity contribution in [1.29, 1.82) is 0 Å². The Labute approximate surface area is 112 Å². The Balaban J connectivity index is 2.00. The topological polar surface area (TPSA) is 77.2 Å². The molecule has 0 bridgehead atoms. The number of halogens is 1. The zero-order valence-electron chi connectivity index (χ0n) is 9.76. The molecule has 1 heterocycles. The molecule has 0 aromatic carbocycles. The summed E-state index contributed by atoms with van der Waals surface area (Å²) >= 11 is 3.05. The average molecular weight is 316 g/mol. The number of nitro groups is 1. The first kappa shape index (κ1) is 13.2. The minimum atomic E-state index is -0.497. The van der Waals surface area contributed by atoms with E-state index in [-0.39, 0.29) is 15.7 Å². The summed E-state index contributed by atoms with van der Waals surface area (Å²) < 4.78 is 1.61. The van der Waals surface area contributed by atoms with Gasteiger partial charge in [-0.1, -0.05) is 0 Å². The fourth-order valence-electron chi connectivity index (χ4n) is 1.69. The van der Waals surface area contributed by atoms with E-state index < -0.39 is 4.92 Å². The van der Waals surface area contributed by atoms with Crippen LogP contribution >= 0.6 is 15.9 Å². The summed E-state index contributed by atoms with van der Waals surface area (Å²) in [5.41, 5.74) is -0.302. The second-order valence-corrected chi connectivity index (χ2v) is 5.24. The maximum Gasteiger partial charge on any atom is 0.286 e. The third kappa shape index (κ3) is 3.39. The number of hydrogen-bond donors (Lipinski definition) is 1. The SMILES string of the molecule is O=c1c(Br)cc([N+](=O)[O-])cn1CCCNC1CC1. The second-order valence-electron chi connectivity index (χ2n) is 4.38. The molecule has 0 saturated heterocycles. The molecule has 0 aliphatic heterocycles. The number of hydrogen-bond acceptors (Lipinski definition) is 4. The van der Waals surface area contributed by atoms with Crippen molar-refractivity contribution in [3.8, 4) is 0 Å². The first-order valence-corrected chi connectivity index (χ1v) is 6.65. The number of rotatable bonds is 6. The van der Waals surface area contributed by atoms with Crippen molar-refractivity contribution < 1.29 is 4.92 Å². The molecule has 0 atom stereocenters.